The SMILES string of the molecule is CC(C)c1ccc(C#Cc2ccccc2-c2cccc(OC(C)(C)C)n2)cc1. The van der Waals surface area contributed by atoms with Gasteiger partial charge in [0.2, 0.25) is 5.88 Å². The van der Waals surface area contributed by atoms with E-state index in [9.17, 15) is 0 Å². The molecule has 28 heavy (non-hydrogen) atoms. The van der Waals surface area contributed by atoms with Crippen molar-refractivity contribution in [2.45, 2.75) is 46.1 Å². The monoisotopic (exact) mass is 369 g/mol. The maximum absolute atomic E-state index is 5.92. The van der Waals surface area contributed by atoms with Gasteiger partial charge in [-0.25, -0.2) is 4.98 Å². The van der Waals surface area contributed by atoms with Crippen molar-refractivity contribution in [3.05, 3.63) is 83.4 Å². The molecule has 3 rings (SSSR count). The largest absolute Gasteiger partial charge is 0.472 e. The van der Waals surface area contributed by atoms with Gasteiger partial charge < -0.3 is 4.74 Å². The smallest absolute Gasteiger partial charge is 0.214 e. The van der Waals surface area contributed by atoms with E-state index >= 15 is 0 Å². The van der Waals surface area contributed by atoms with Gasteiger partial charge in [0.25, 0.3) is 0 Å². The van der Waals surface area contributed by atoms with E-state index < -0.39 is 0 Å². The molecule has 0 aliphatic carbocycles. The molecule has 0 spiro atoms. The van der Waals surface area contributed by atoms with Crippen molar-refractivity contribution in [1.82, 2.24) is 4.98 Å². The summed E-state index contributed by atoms with van der Waals surface area (Å²) in [6, 6.07) is 22.4. The van der Waals surface area contributed by atoms with Crippen LogP contribution in [-0.2, 0) is 0 Å². The van der Waals surface area contributed by atoms with Gasteiger partial charge in [0.1, 0.15) is 5.60 Å². The van der Waals surface area contributed by atoms with Crippen molar-refractivity contribution in [2.75, 3.05) is 0 Å². The van der Waals surface area contributed by atoms with E-state index in [-0.39, 0.29) is 5.60 Å². The highest BCUT2D eigenvalue weighted by molar-refractivity contribution is 5.69. The number of hydrogen-bond donors (Lipinski definition) is 0. The van der Waals surface area contributed by atoms with Gasteiger partial charge in [0.05, 0.1) is 5.69 Å². The van der Waals surface area contributed by atoms with Gasteiger partial charge in [-0.1, -0.05) is 62.1 Å². The molecule has 0 atom stereocenters. The zero-order valence-corrected chi connectivity index (χ0v) is 17.3. The van der Waals surface area contributed by atoms with E-state index in [1.54, 1.807) is 0 Å². The van der Waals surface area contributed by atoms with Crippen LogP contribution >= 0.6 is 0 Å². The number of pyridine rings is 1. The van der Waals surface area contributed by atoms with Crippen molar-refractivity contribution in [2.24, 2.45) is 0 Å². The molecule has 1 heterocycles. The Bertz CT molecular complexity index is 999. The van der Waals surface area contributed by atoms with Crippen LogP contribution in [0.4, 0.5) is 0 Å². The third-order valence-electron chi connectivity index (χ3n) is 4.26. The summed E-state index contributed by atoms with van der Waals surface area (Å²) in [6.45, 7) is 10.4. The molecule has 0 fully saturated rings. The minimum atomic E-state index is -0.285. The molecule has 0 bridgehead atoms. The molecule has 0 radical (unpaired) electrons. The van der Waals surface area contributed by atoms with Crippen molar-refractivity contribution in [3.8, 4) is 29.0 Å². The molecule has 2 aromatic carbocycles. The molecule has 2 nitrogen and oxygen atoms in total. The van der Waals surface area contributed by atoms with Crippen LogP contribution in [0.3, 0.4) is 0 Å². The van der Waals surface area contributed by atoms with Crippen LogP contribution in [0.25, 0.3) is 11.3 Å². The van der Waals surface area contributed by atoms with Crippen LogP contribution in [-0.4, -0.2) is 10.6 Å². The van der Waals surface area contributed by atoms with E-state index in [0.29, 0.717) is 11.8 Å². The van der Waals surface area contributed by atoms with Crippen molar-refractivity contribution < 1.29 is 4.74 Å². The summed E-state index contributed by atoms with van der Waals surface area (Å²) in [5.41, 5.74) is 4.88. The molecule has 0 N–H and O–H groups in total. The van der Waals surface area contributed by atoms with E-state index in [2.05, 4.69) is 61.0 Å². The number of nitrogens with zero attached hydrogens (tertiary/aromatic N) is 1. The van der Waals surface area contributed by atoms with Crippen LogP contribution in [0.2, 0.25) is 0 Å². The Balaban J connectivity index is 1.92. The predicted molar refractivity (Wildman–Crippen MR) is 117 cm³/mol. The number of hydrogen-bond acceptors (Lipinski definition) is 2. The lowest BCUT2D eigenvalue weighted by atomic mass is 10.0. The third-order valence-corrected chi connectivity index (χ3v) is 4.26. The Morgan fingerprint density at radius 3 is 2.21 bits per heavy atom. The molecular formula is C26H27NO. The summed E-state index contributed by atoms with van der Waals surface area (Å²) in [5.74, 6) is 7.74. The fourth-order valence-corrected chi connectivity index (χ4v) is 2.84. The normalized spacial score (nSPS) is 11.1. The molecule has 0 amide bonds. The minimum Gasteiger partial charge on any atom is -0.472 e. The van der Waals surface area contributed by atoms with Crippen molar-refractivity contribution in [3.63, 3.8) is 0 Å². The second-order valence-corrected chi connectivity index (χ2v) is 8.15. The van der Waals surface area contributed by atoms with E-state index in [1.807, 2.05) is 57.2 Å². The second-order valence-electron chi connectivity index (χ2n) is 8.15. The lowest BCUT2D eigenvalue weighted by molar-refractivity contribution is 0.124. The highest BCUT2D eigenvalue weighted by Gasteiger charge is 2.13. The average molecular weight is 370 g/mol. The van der Waals surface area contributed by atoms with E-state index in [4.69, 9.17) is 4.74 Å². The quantitative estimate of drug-likeness (QED) is 0.495. The fourth-order valence-electron chi connectivity index (χ4n) is 2.84. The predicted octanol–water partition coefficient (Wildman–Crippen LogP) is 6.45. The maximum atomic E-state index is 5.92. The number of rotatable bonds is 3. The van der Waals surface area contributed by atoms with Crippen LogP contribution in [0.15, 0.2) is 66.7 Å². The Kier molecular flexibility index (Phi) is 5.85. The van der Waals surface area contributed by atoms with Crippen molar-refractivity contribution in [1.29, 1.82) is 0 Å². The van der Waals surface area contributed by atoms with Gasteiger partial charge in [0, 0.05) is 22.8 Å². The van der Waals surface area contributed by atoms with Crippen LogP contribution in [0.5, 0.6) is 5.88 Å². The first-order valence-electron chi connectivity index (χ1n) is 9.69. The Morgan fingerprint density at radius 2 is 1.54 bits per heavy atom. The highest BCUT2D eigenvalue weighted by atomic mass is 16.5. The fraction of sp³-hybridized carbons (Fsp3) is 0.269. The minimum absolute atomic E-state index is 0.285. The zero-order chi connectivity index (χ0) is 20.1. The summed E-state index contributed by atoms with van der Waals surface area (Å²) in [7, 11) is 0. The van der Waals surface area contributed by atoms with Gasteiger partial charge in [0.15, 0.2) is 0 Å². The molecule has 142 valence electrons. The Morgan fingerprint density at radius 1 is 0.821 bits per heavy atom. The summed E-state index contributed by atoms with van der Waals surface area (Å²) in [6.07, 6.45) is 0. The summed E-state index contributed by atoms with van der Waals surface area (Å²) in [4.78, 5) is 4.69. The molecule has 0 aliphatic rings. The van der Waals surface area contributed by atoms with Gasteiger partial charge in [-0.3, -0.25) is 0 Å². The van der Waals surface area contributed by atoms with Crippen LogP contribution in [0.1, 0.15) is 57.2 Å². The second kappa shape index (κ2) is 8.31. The zero-order valence-electron chi connectivity index (χ0n) is 17.3. The average Bonchev–Trinajstić information content (AvgIpc) is 2.66. The molecule has 0 saturated carbocycles. The molecule has 0 aliphatic heterocycles. The first-order valence-corrected chi connectivity index (χ1v) is 9.69. The highest BCUT2D eigenvalue weighted by Crippen LogP contribution is 2.25. The van der Waals surface area contributed by atoms with Gasteiger partial charge in [-0.05, 0) is 56.5 Å². The first kappa shape index (κ1) is 19.7. The molecular weight excluding hydrogens is 342 g/mol. The topological polar surface area (TPSA) is 22.1 Å². The Labute approximate surface area is 168 Å². The molecule has 3 aromatic rings. The summed E-state index contributed by atoms with van der Waals surface area (Å²) >= 11 is 0. The first-order chi connectivity index (χ1) is 13.3. The van der Waals surface area contributed by atoms with Crippen LogP contribution < -0.4 is 4.74 Å². The van der Waals surface area contributed by atoms with Crippen LogP contribution in [0, 0.1) is 11.8 Å². The molecule has 0 unspecified atom stereocenters. The number of ether oxygens (including phenoxy) is 1. The van der Waals surface area contributed by atoms with Gasteiger partial charge in [-0.2, -0.15) is 0 Å². The summed E-state index contributed by atoms with van der Waals surface area (Å²) < 4.78 is 5.92. The van der Waals surface area contributed by atoms with E-state index in [1.165, 1.54) is 5.56 Å². The third kappa shape index (κ3) is 5.24. The van der Waals surface area contributed by atoms with E-state index in [0.717, 1.165) is 22.4 Å². The summed E-state index contributed by atoms with van der Waals surface area (Å²) in [5, 5.41) is 0. The number of benzene rings is 2. The van der Waals surface area contributed by atoms with Gasteiger partial charge >= 0.3 is 0 Å². The van der Waals surface area contributed by atoms with Crippen molar-refractivity contribution >= 4 is 0 Å². The standard InChI is InChI=1S/C26H27NO/c1-19(2)21-16-13-20(14-17-21)15-18-22-9-6-7-10-23(22)24-11-8-12-25(27-24)28-26(3,4)5/h6-14,16-17,19H,1-5H3. The maximum Gasteiger partial charge on any atom is 0.214 e. The Hall–Kier alpha value is -3.05. The lowest BCUT2D eigenvalue weighted by Gasteiger charge is -2.20. The van der Waals surface area contributed by atoms with Gasteiger partial charge in [-0.15, -0.1) is 0 Å². The molecule has 0 saturated heterocycles. The molecule has 1 aromatic heterocycles. The lowest BCUT2D eigenvalue weighted by Crippen LogP contribution is -2.23. The number of aromatic nitrogens is 1. The molecule has 2 heteroatoms.